The summed E-state index contributed by atoms with van der Waals surface area (Å²) in [7, 11) is 0. The van der Waals surface area contributed by atoms with Gasteiger partial charge in [0.25, 0.3) is 0 Å². The van der Waals surface area contributed by atoms with Crippen molar-refractivity contribution in [2.75, 3.05) is 6.61 Å². The minimum absolute atomic E-state index is 0.232. The summed E-state index contributed by atoms with van der Waals surface area (Å²) in [5.74, 6) is 0.292. The largest absolute Gasteiger partial charge is 0.396 e. The van der Waals surface area contributed by atoms with Crippen molar-refractivity contribution in [1.29, 1.82) is 0 Å². The summed E-state index contributed by atoms with van der Waals surface area (Å²) in [5.41, 5.74) is 1.29. The van der Waals surface area contributed by atoms with Gasteiger partial charge in [0.05, 0.1) is 0 Å². The van der Waals surface area contributed by atoms with Crippen LogP contribution in [0.3, 0.4) is 0 Å². The van der Waals surface area contributed by atoms with Gasteiger partial charge in [-0.1, -0.05) is 6.92 Å². The van der Waals surface area contributed by atoms with Gasteiger partial charge >= 0.3 is 0 Å². The molecular formula is C13H22N2O. The van der Waals surface area contributed by atoms with Crippen LogP contribution in [0.2, 0.25) is 0 Å². The van der Waals surface area contributed by atoms with E-state index in [1.165, 1.54) is 5.56 Å². The molecule has 3 unspecified atom stereocenters. The summed E-state index contributed by atoms with van der Waals surface area (Å²) in [5, 5.41) is 12.6. The van der Waals surface area contributed by atoms with Gasteiger partial charge in [-0.15, -0.1) is 0 Å². The number of aliphatic hydroxyl groups excluding tert-OH is 1. The van der Waals surface area contributed by atoms with Crippen LogP contribution in [0.4, 0.5) is 0 Å². The molecule has 0 amide bonds. The zero-order valence-electron chi connectivity index (χ0n) is 10.4. The fourth-order valence-corrected chi connectivity index (χ4v) is 1.70. The van der Waals surface area contributed by atoms with Gasteiger partial charge in [-0.25, -0.2) is 0 Å². The molecule has 0 aliphatic heterocycles. The number of aliphatic hydroxyl groups is 1. The number of pyridine rings is 1. The van der Waals surface area contributed by atoms with E-state index < -0.39 is 0 Å². The second-order valence-electron chi connectivity index (χ2n) is 4.58. The van der Waals surface area contributed by atoms with E-state index in [0.29, 0.717) is 18.0 Å². The zero-order chi connectivity index (χ0) is 12.0. The fraction of sp³-hybridized carbons (Fsp3) is 0.615. The molecule has 0 spiro atoms. The van der Waals surface area contributed by atoms with Gasteiger partial charge in [0.2, 0.25) is 0 Å². The van der Waals surface area contributed by atoms with E-state index in [2.05, 4.69) is 31.1 Å². The van der Waals surface area contributed by atoms with E-state index in [-0.39, 0.29) is 6.61 Å². The Morgan fingerprint density at radius 2 is 1.88 bits per heavy atom. The molecule has 0 aliphatic rings. The highest BCUT2D eigenvalue weighted by atomic mass is 16.3. The summed E-state index contributed by atoms with van der Waals surface area (Å²) in [6.07, 6.45) is 4.63. The van der Waals surface area contributed by atoms with Gasteiger partial charge in [0.1, 0.15) is 0 Å². The Hall–Kier alpha value is -0.930. The molecule has 0 aliphatic carbocycles. The second-order valence-corrected chi connectivity index (χ2v) is 4.58. The molecule has 0 saturated carbocycles. The predicted octanol–water partition coefficient (Wildman–Crippen LogP) is 1.62. The lowest BCUT2D eigenvalue weighted by atomic mass is 10.0. The highest BCUT2D eigenvalue weighted by Gasteiger charge is 2.13. The Bertz CT molecular complexity index is 289. The SMILES string of the molecule is CC(Cc1ccncc1)NC(C)C(C)CO. The van der Waals surface area contributed by atoms with Gasteiger partial charge in [0, 0.05) is 31.1 Å². The van der Waals surface area contributed by atoms with E-state index in [1.54, 1.807) is 0 Å². The third kappa shape index (κ3) is 4.29. The zero-order valence-corrected chi connectivity index (χ0v) is 10.4. The molecule has 90 valence electrons. The van der Waals surface area contributed by atoms with Crippen molar-refractivity contribution in [1.82, 2.24) is 10.3 Å². The van der Waals surface area contributed by atoms with Crippen LogP contribution in [0.15, 0.2) is 24.5 Å². The topological polar surface area (TPSA) is 45.2 Å². The van der Waals surface area contributed by atoms with Crippen molar-refractivity contribution < 1.29 is 5.11 Å². The van der Waals surface area contributed by atoms with Gasteiger partial charge in [-0.05, 0) is 43.9 Å². The molecule has 16 heavy (non-hydrogen) atoms. The molecule has 3 atom stereocenters. The van der Waals surface area contributed by atoms with Crippen LogP contribution in [-0.2, 0) is 6.42 Å². The maximum atomic E-state index is 9.06. The van der Waals surface area contributed by atoms with Crippen LogP contribution in [-0.4, -0.2) is 28.8 Å². The van der Waals surface area contributed by atoms with Crippen molar-refractivity contribution >= 4 is 0 Å². The number of rotatable bonds is 6. The number of hydrogen-bond donors (Lipinski definition) is 2. The predicted molar refractivity (Wildman–Crippen MR) is 66.3 cm³/mol. The molecule has 2 N–H and O–H groups in total. The maximum Gasteiger partial charge on any atom is 0.0471 e. The molecule has 3 nitrogen and oxygen atoms in total. The molecule has 0 fully saturated rings. The summed E-state index contributed by atoms with van der Waals surface area (Å²) in [6.45, 7) is 6.57. The Balaban J connectivity index is 2.39. The number of nitrogens with one attached hydrogen (secondary N) is 1. The van der Waals surface area contributed by atoms with Gasteiger partial charge in [-0.2, -0.15) is 0 Å². The van der Waals surface area contributed by atoms with Crippen molar-refractivity contribution in [3.8, 4) is 0 Å². The smallest absolute Gasteiger partial charge is 0.0471 e. The molecule has 1 rings (SSSR count). The minimum Gasteiger partial charge on any atom is -0.396 e. The molecule has 0 radical (unpaired) electrons. The monoisotopic (exact) mass is 222 g/mol. The quantitative estimate of drug-likeness (QED) is 0.769. The first-order valence-electron chi connectivity index (χ1n) is 5.89. The van der Waals surface area contributed by atoms with E-state index in [0.717, 1.165) is 6.42 Å². The number of aromatic nitrogens is 1. The lowest BCUT2D eigenvalue weighted by Gasteiger charge is -2.24. The second kappa shape index (κ2) is 6.61. The molecule has 1 aromatic rings. The van der Waals surface area contributed by atoms with Crippen LogP contribution in [0.25, 0.3) is 0 Å². The first kappa shape index (κ1) is 13.1. The normalized spacial score (nSPS) is 16.8. The van der Waals surface area contributed by atoms with Crippen LogP contribution in [0.1, 0.15) is 26.3 Å². The molecule has 0 bridgehead atoms. The van der Waals surface area contributed by atoms with Crippen molar-refractivity contribution in [2.45, 2.75) is 39.3 Å². The standard InChI is InChI=1S/C13H22N2O/c1-10(9-16)12(3)15-11(2)8-13-4-6-14-7-5-13/h4-7,10-12,15-16H,8-9H2,1-3H3. The van der Waals surface area contributed by atoms with Gasteiger partial charge in [-0.3, -0.25) is 4.98 Å². The maximum absolute atomic E-state index is 9.06. The molecule has 0 saturated heterocycles. The van der Waals surface area contributed by atoms with Crippen LogP contribution in [0, 0.1) is 5.92 Å². The van der Waals surface area contributed by atoms with Crippen LogP contribution < -0.4 is 5.32 Å². The van der Waals surface area contributed by atoms with Gasteiger partial charge in [0.15, 0.2) is 0 Å². The average molecular weight is 222 g/mol. The molecule has 1 heterocycles. The highest BCUT2D eigenvalue weighted by molar-refractivity contribution is 5.11. The first-order valence-corrected chi connectivity index (χ1v) is 5.89. The van der Waals surface area contributed by atoms with E-state index in [9.17, 15) is 0 Å². The van der Waals surface area contributed by atoms with Gasteiger partial charge < -0.3 is 10.4 Å². The fourth-order valence-electron chi connectivity index (χ4n) is 1.70. The van der Waals surface area contributed by atoms with Crippen LogP contribution in [0.5, 0.6) is 0 Å². The number of hydrogen-bond acceptors (Lipinski definition) is 3. The minimum atomic E-state index is 0.232. The first-order chi connectivity index (χ1) is 7.63. The Labute approximate surface area is 97.9 Å². The third-order valence-corrected chi connectivity index (χ3v) is 2.98. The Kier molecular flexibility index (Phi) is 5.43. The van der Waals surface area contributed by atoms with Crippen molar-refractivity contribution in [2.24, 2.45) is 5.92 Å². The highest BCUT2D eigenvalue weighted by Crippen LogP contribution is 2.06. The van der Waals surface area contributed by atoms with E-state index in [4.69, 9.17) is 5.11 Å². The lowest BCUT2D eigenvalue weighted by molar-refractivity contribution is 0.202. The summed E-state index contributed by atoms with van der Waals surface area (Å²) in [6, 6.07) is 4.82. The Morgan fingerprint density at radius 1 is 1.25 bits per heavy atom. The Morgan fingerprint density at radius 3 is 2.44 bits per heavy atom. The molecule has 3 heteroatoms. The summed E-state index contributed by atoms with van der Waals surface area (Å²) < 4.78 is 0. The van der Waals surface area contributed by atoms with E-state index >= 15 is 0 Å². The van der Waals surface area contributed by atoms with Crippen molar-refractivity contribution in [3.63, 3.8) is 0 Å². The van der Waals surface area contributed by atoms with Crippen LogP contribution >= 0.6 is 0 Å². The average Bonchev–Trinajstić information content (AvgIpc) is 2.29. The molecular weight excluding hydrogens is 200 g/mol. The summed E-state index contributed by atoms with van der Waals surface area (Å²) >= 11 is 0. The molecule has 0 aromatic carbocycles. The van der Waals surface area contributed by atoms with E-state index in [1.807, 2.05) is 24.5 Å². The third-order valence-electron chi connectivity index (χ3n) is 2.98. The molecule has 1 aromatic heterocycles. The number of nitrogens with zero attached hydrogens (tertiary/aromatic N) is 1. The summed E-state index contributed by atoms with van der Waals surface area (Å²) in [4.78, 5) is 4.00. The lowest BCUT2D eigenvalue weighted by Crippen LogP contribution is -2.40. The van der Waals surface area contributed by atoms with Crippen molar-refractivity contribution in [3.05, 3.63) is 30.1 Å².